The van der Waals surface area contributed by atoms with Crippen molar-refractivity contribution in [3.63, 3.8) is 0 Å². The Morgan fingerprint density at radius 2 is 2.07 bits per heavy atom. The average Bonchev–Trinajstić information content (AvgIpc) is 3.22. The Kier molecular flexibility index (Phi) is 10.7. The number of para-hydroxylation sites is 1. The third-order valence-electron chi connectivity index (χ3n) is 4.56. The monoisotopic (exact) mass is 376 g/mol. The molecule has 1 atom stereocenters. The van der Waals surface area contributed by atoms with E-state index in [2.05, 4.69) is 59.7 Å². The molecule has 0 radical (unpaired) electrons. The van der Waals surface area contributed by atoms with Crippen molar-refractivity contribution in [1.29, 1.82) is 0 Å². The van der Waals surface area contributed by atoms with Crippen LogP contribution < -0.4 is 15.5 Å². The molecule has 0 spiro atoms. The molecular weight excluding hydrogens is 340 g/mol. The fourth-order valence-electron chi connectivity index (χ4n) is 3.08. The van der Waals surface area contributed by atoms with Crippen molar-refractivity contribution >= 4 is 11.6 Å². The van der Waals surface area contributed by atoms with Crippen molar-refractivity contribution in [1.82, 2.24) is 10.6 Å². The Bertz CT molecular complexity index is 518. The lowest BCUT2D eigenvalue weighted by Gasteiger charge is -2.22. The Hall–Kier alpha value is -1.79. The molecule has 0 aliphatic carbocycles. The third-order valence-corrected chi connectivity index (χ3v) is 4.56. The number of benzene rings is 1. The molecular formula is C21H36N4O2. The number of hydrogen-bond acceptors (Lipinski definition) is 4. The van der Waals surface area contributed by atoms with Crippen LogP contribution in [0.1, 0.15) is 33.1 Å². The first kappa shape index (κ1) is 21.5. The first-order chi connectivity index (χ1) is 13.3. The topological polar surface area (TPSA) is 58.1 Å². The van der Waals surface area contributed by atoms with Gasteiger partial charge in [-0.2, -0.15) is 0 Å². The molecule has 152 valence electrons. The van der Waals surface area contributed by atoms with Crippen molar-refractivity contribution < 1.29 is 9.47 Å². The Morgan fingerprint density at radius 3 is 2.78 bits per heavy atom. The highest BCUT2D eigenvalue weighted by Crippen LogP contribution is 2.12. The van der Waals surface area contributed by atoms with Crippen LogP contribution in [0.15, 0.2) is 35.3 Å². The van der Waals surface area contributed by atoms with Gasteiger partial charge in [0, 0.05) is 51.6 Å². The molecule has 1 saturated heterocycles. The normalized spacial score (nSPS) is 17.1. The number of hydrogen-bond donors (Lipinski definition) is 2. The lowest BCUT2D eigenvalue weighted by atomic mass is 10.2. The van der Waals surface area contributed by atoms with Crippen molar-refractivity contribution in [2.75, 3.05) is 57.4 Å². The van der Waals surface area contributed by atoms with Crippen molar-refractivity contribution in [3.8, 4) is 0 Å². The molecule has 6 nitrogen and oxygen atoms in total. The van der Waals surface area contributed by atoms with Crippen molar-refractivity contribution in [2.45, 2.75) is 39.2 Å². The quantitative estimate of drug-likeness (QED) is 0.334. The van der Waals surface area contributed by atoms with Crippen LogP contribution in [-0.2, 0) is 9.47 Å². The molecule has 1 heterocycles. The van der Waals surface area contributed by atoms with Crippen LogP contribution in [0.2, 0.25) is 0 Å². The van der Waals surface area contributed by atoms with Gasteiger partial charge in [0.1, 0.15) is 0 Å². The standard InChI is InChI=1S/C21H36N4O2/c1-3-22-21(24-14-9-16-27-20-12-17-26-18-20)23-13-8-15-25(4-2)19-10-6-5-7-11-19/h5-7,10-11,20H,3-4,8-9,12-18H2,1-2H3,(H2,22,23,24). The molecule has 0 amide bonds. The van der Waals surface area contributed by atoms with Crippen molar-refractivity contribution in [2.24, 2.45) is 4.99 Å². The summed E-state index contributed by atoms with van der Waals surface area (Å²) >= 11 is 0. The van der Waals surface area contributed by atoms with E-state index >= 15 is 0 Å². The predicted octanol–water partition coefficient (Wildman–Crippen LogP) is 2.65. The van der Waals surface area contributed by atoms with E-state index in [1.165, 1.54) is 5.69 Å². The van der Waals surface area contributed by atoms with E-state index in [-0.39, 0.29) is 6.10 Å². The van der Waals surface area contributed by atoms with Crippen LogP contribution in [0, 0.1) is 0 Å². The summed E-state index contributed by atoms with van der Waals surface area (Å²) in [5, 5.41) is 6.71. The molecule has 1 aromatic carbocycles. The molecule has 0 bridgehead atoms. The fraction of sp³-hybridized carbons (Fsp3) is 0.667. The van der Waals surface area contributed by atoms with Gasteiger partial charge in [0.05, 0.1) is 12.7 Å². The van der Waals surface area contributed by atoms with E-state index in [1.54, 1.807) is 0 Å². The van der Waals surface area contributed by atoms with Gasteiger partial charge >= 0.3 is 0 Å². The molecule has 27 heavy (non-hydrogen) atoms. The zero-order chi connectivity index (χ0) is 19.2. The van der Waals surface area contributed by atoms with Gasteiger partial charge in [-0.3, -0.25) is 4.99 Å². The highest BCUT2D eigenvalue weighted by Gasteiger charge is 2.15. The summed E-state index contributed by atoms with van der Waals surface area (Å²) in [5.41, 5.74) is 1.28. The summed E-state index contributed by atoms with van der Waals surface area (Å²) in [6.07, 6.45) is 3.32. The largest absolute Gasteiger partial charge is 0.379 e. The zero-order valence-corrected chi connectivity index (χ0v) is 17.0. The zero-order valence-electron chi connectivity index (χ0n) is 17.0. The van der Waals surface area contributed by atoms with Crippen LogP contribution in [0.5, 0.6) is 0 Å². The summed E-state index contributed by atoms with van der Waals surface area (Å²) < 4.78 is 11.1. The average molecular weight is 377 g/mol. The van der Waals surface area contributed by atoms with Gasteiger partial charge < -0.3 is 25.0 Å². The smallest absolute Gasteiger partial charge is 0.191 e. The predicted molar refractivity (Wildman–Crippen MR) is 113 cm³/mol. The lowest BCUT2D eigenvalue weighted by Crippen LogP contribution is -2.38. The summed E-state index contributed by atoms with van der Waals surface area (Å²) in [4.78, 5) is 7.08. The second-order valence-corrected chi connectivity index (χ2v) is 6.67. The number of aliphatic imine (C=N–C) groups is 1. The number of guanidine groups is 1. The minimum absolute atomic E-state index is 0.290. The first-order valence-corrected chi connectivity index (χ1v) is 10.3. The minimum atomic E-state index is 0.290. The molecule has 1 fully saturated rings. The minimum Gasteiger partial charge on any atom is -0.379 e. The van der Waals surface area contributed by atoms with Gasteiger partial charge in [-0.05, 0) is 45.2 Å². The number of rotatable bonds is 12. The molecule has 2 N–H and O–H groups in total. The van der Waals surface area contributed by atoms with Crippen molar-refractivity contribution in [3.05, 3.63) is 30.3 Å². The molecule has 0 saturated carbocycles. The van der Waals surface area contributed by atoms with Gasteiger partial charge in [0.2, 0.25) is 0 Å². The molecule has 2 rings (SSSR count). The maximum atomic E-state index is 5.79. The van der Waals surface area contributed by atoms with Gasteiger partial charge in [-0.1, -0.05) is 18.2 Å². The molecule has 1 aliphatic rings. The third kappa shape index (κ3) is 8.63. The molecule has 1 unspecified atom stereocenters. The molecule has 1 aromatic rings. The Morgan fingerprint density at radius 1 is 1.22 bits per heavy atom. The molecule has 1 aliphatic heterocycles. The maximum Gasteiger partial charge on any atom is 0.191 e. The molecule has 6 heteroatoms. The van der Waals surface area contributed by atoms with Gasteiger partial charge in [-0.25, -0.2) is 0 Å². The van der Waals surface area contributed by atoms with Crippen LogP contribution >= 0.6 is 0 Å². The number of anilines is 1. The summed E-state index contributed by atoms with van der Waals surface area (Å²) in [6, 6.07) is 10.6. The van der Waals surface area contributed by atoms with Gasteiger partial charge in [0.25, 0.3) is 0 Å². The first-order valence-electron chi connectivity index (χ1n) is 10.3. The fourth-order valence-corrected chi connectivity index (χ4v) is 3.08. The second kappa shape index (κ2) is 13.4. The maximum absolute atomic E-state index is 5.79. The lowest BCUT2D eigenvalue weighted by molar-refractivity contribution is 0.0420. The summed E-state index contributed by atoms with van der Waals surface area (Å²) in [6.45, 7) is 11.2. The number of ether oxygens (including phenoxy) is 2. The van der Waals surface area contributed by atoms with Crippen LogP contribution in [0.3, 0.4) is 0 Å². The number of nitrogens with one attached hydrogen (secondary N) is 2. The van der Waals surface area contributed by atoms with Crippen LogP contribution in [0.25, 0.3) is 0 Å². The summed E-state index contributed by atoms with van der Waals surface area (Å²) in [7, 11) is 0. The number of nitrogens with zero attached hydrogens (tertiary/aromatic N) is 2. The van der Waals surface area contributed by atoms with Crippen LogP contribution in [0.4, 0.5) is 5.69 Å². The second-order valence-electron chi connectivity index (χ2n) is 6.67. The van der Waals surface area contributed by atoms with E-state index in [0.29, 0.717) is 0 Å². The van der Waals surface area contributed by atoms with Gasteiger partial charge in [-0.15, -0.1) is 0 Å². The van der Waals surface area contributed by atoms with Gasteiger partial charge in [0.15, 0.2) is 5.96 Å². The van der Waals surface area contributed by atoms with E-state index in [4.69, 9.17) is 14.5 Å². The van der Waals surface area contributed by atoms with E-state index in [1.807, 2.05) is 0 Å². The van der Waals surface area contributed by atoms with E-state index in [0.717, 1.165) is 77.8 Å². The molecule has 0 aromatic heterocycles. The Labute approximate surface area is 164 Å². The summed E-state index contributed by atoms with van der Waals surface area (Å²) in [5.74, 6) is 0.893. The van der Waals surface area contributed by atoms with E-state index < -0.39 is 0 Å². The van der Waals surface area contributed by atoms with Crippen LogP contribution in [-0.4, -0.2) is 64.6 Å². The highest BCUT2D eigenvalue weighted by molar-refractivity contribution is 5.79. The van der Waals surface area contributed by atoms with E-state index in [9.17, 15) is 0 Å². The SMILES string of the molecule is CCNC(=NCCCN(CC)c1ccccc1)NCCCOC1CCOC1. The highest BCUT2D eigenvalue weighted by atomic mass is 16.5. The Balaban J connectivity index is 1.63.